The maximum Gasteiger partial charge on any atom is 0.0662 e. The van der Waals surface area contributed by atoms with Crippen LogP contribution in [0.4, 0.5) is 0 Å². The Bertz CT molecular complexity index is 83.5. The lowest BCUT2D eigenvalue weighted by atomic mass is 10.8. The molecule has 0 heterocycles. The van der Waals surface area contributed by atoms with E-state index in [1.165, 1.54) is 0 Å². The van der Waals surface area contributed by atoms with Gasteiger partial charge in [-0.2, -0.15) is 0 Å². The molecule has 194 valence electrons. The lowest BCUT2D eigenvalue weighted by Gasteiger charge is -1.70. The minimum Gasteiger partial charge on any atom is -0.394 e. The first-order valence-electron chi connectivity index (χ1n) is 8.13. The molecule has 0 aliphatic carbocycles. The van der Waals surface area contributed by atoms with Crippen LogP contribution in [0.3, 0.4) is 0 Å². The Hall–Kier alpha value is -3.72. The maximum absolute atomic E-state index is 7.62. The predicted octanol–water partition coefficient (Wildman–Crippen LogP) is 10.2. The van der Waals surface area contributed by atoms with E-state index < -0.39 is 0 Å². The summed E-state index contributed by atoms with van der Waals surface area (Å²) in [5.74, 6) is 0. The summed E-state index contributed by atoms with van der Waals surface area (Å²) in [6, 6.07) is 0. The molecule has 0 aromatic carbocycles. The molecular weight excluding hydrogens is 392 g/mol. The number of aliphatic hydroxyl groups excluding tert-OH is 2. The zero-order chi connectivity index (χ0) is 31.4. The molecule has 0 saturated heterocycles. The fourth-order valence-electron chi connectivity index (χ4n) is 0. The molecule has 0 bridgehead atoms. The van der Waals surface area contributed by atoms with Crippen molar-refractivity contribution in [2.24, 2.45) is 0 Å². The van der Waals surface area contributed by atoms with E-state index in [0.717, 1.165) is 0 Å². The van der Waals surface area contributed by atoms with Crippen LogP contribution in [0.5, 0.6) is 0 Å². The highest BCUT2D eigenvalue weighted by Crippen LogP contribution is 1.39. The first-order chi connectivity index (χ1) is 15.9. The van der Waals surface area contributed by atoms with E-state index in [1.54, 1.807) is 0 Å². The van der Waals surface area contributed by atoms with Crippen LogP contribution >= 0.6 is 0 Å². The summed E-state index contributed by atoms with van der Waals surface area (Å²) in [6.07, 6.45) is 0. The normalized spacial score (nSPS) is 2.69. The molecule has 32 heavy (non-hydrogen) atoms. The van der Waals surface area contributed by atoms with Gasteiger partial charge in [0.1, 0.15) is 0 Å². The molecule has 0 aliphatic rings. The van der Waals surface area contributed by atoms with E-state index in [9.17, 15) is 0 Å². The molecule has 0 spiro atoms. The van der Waals surface area contributed by atoms with Crippen LogP contribution in [0.1, 0.15) is 0 Å². The van der Waals surface area contributed by atoms with Crippen molar-refractivity contribution < 1.29 is 10.2 Å². The summed E-state index contributed by atoms with van der Waals surface area (Å²) in [6.45, 7) is 83.8. The molecule has 2 heteroatoms. The third kappa shape index (κ3) is 2270. The molecule has 0 rings (SSSR count). The molecule has 2 N–H and O–H groups in total. The van der Waals surface area contributed by atoms with Gasteiger partial charge < -0.3 is 10.2 Å². The van der Waals surface area contributed by atoms with Gasteiger partial charge in [-0.3, -0.25) is 0 Å². The van der Waals surface area contributed by atoms with Crippen LogP contribution < -0.4 is 0 Å². The highest BCUT2D eigenvalue weighted by molar-refractivity contribution is 4.25. The Morgan fingerprint density at radius 1 is 0.188 bits per heavy atom. The third-order valence-corrected chi connectivity index (χ3v) is 0.1000. The maximum atomic E-state index is 7.62. The first kappa shape index (κ1) is 119. The summed E-state index contributed by atoms with van der Waals surface area (Å²) < 4.78 is 0. The smallest absolute Gasteiger partial charge is 0.0662 e. The fraction of sp³-hybridized carbons (Fsp3) is 0.0667. The van der Waals surface area contributed by atoms with Gasteiger partial charge in [0.2, 0.25) is 0 Å². The largest absolute Gasteiger partial charge is 0.394 e. The van der Waals surface area contributed by atoms with Crippen LogP contribution in [0.25, 0.3) is 0 Å². The second kappa shape index (κ2) is 6370. The molecule has 0 radical (unpaired) electrons. The van der Waals surface area contributed by atoms with Gasteiger partial charge in [0.25, 0.3) is 0 Å². The van der Waals surface area contributed by atoms with Crippen molar-refractivity contribution in [1.29, 1.82) is 0 Å². The molecule has 0 fully saturated rings. The van der Waals surface area contributed by atoms with Gasteiger partial charge >= 0.3 is 0 Å². The van der Waals surface area contributed by atoms with Gasteiger partial charge in [-0.15, -0.1) is 184 Å². The number of hydrogen-bond donors (Lipinski definition) is 2. The summed E-state index contributed by atoms with van der Waals surface area (Å²) in [5.41, 5.74) is 0. The van der Waals surface area contributed by atoms with Crippen molar-refractivity contribution in [3.63, 3.8) is 0 Å². The molecule has 0 aromatic rings. The molecule has 0 aromatic heterocycles. The van der Waals surface area contributed by atoms with Gasteiger partial charge in [-0.25, -0.2) is 0 Å². The fourth-order valence-corrected chi connectivity index (χ4v) is 0. The second-order valence-electron chi connectivity index (χ2n) is 0.447. The quantitative estimate of drug-likeness (QED) is 0.387. The minimum atomic E-state index is -0.125. The van der Waals surface area contributed by atoms with Crippen molar-refractivity contribution in [2.75, 3.05) is 13.2 Å². The van der Waals surface area contributed by atoms with Crippen LogP contribution in [0.15, 0.2) is 184 Å². The number of rotatable bonds is 1. The van der Waals surface area contributed by atoms with Crippen LogP contribution in [0, 0.1) is 0 Å². The SMILES string of the molecule is C=C.C=C.C=C.C=C.C=C.C=C.C=C.C=C.C=C.C=C.C=C.C=C.C=C.C=C.OCCO. The standard InChI is InChI=1S/C2H6O2.14C2H4/c3-1-2-4;14*1-2/h3-4H,1-2H2;14*1-2H2. The minimum absolute atomic E-state index is 0.125. The Morgan fingerprint density at radius 3 is 0.219 bits per heavy atom. The monoisotopic (exact) mass is 454 g/mol. The topological polar surface area (TPSA) is 40.5 Å². The van der Waals surface area contributed by atoms with Gasteiger partial charge in [0.15, 0.2) is 0 Å². The molecule has 0 atom stereocenters. The van der Waals surface area contributed by atoms with Gasteiger partial charge in [-0.05, 0) is 0 Å². The number of hydrogen-bond acceptors (Lipinski definition) is 2. The third-order valence-electron chi connectivity index (χ3n) is 0.1000. The molecular formula is C30H62O2. The average molecular weight is 455 g/mol. The highest BCUT2D eigenvalue weighted by Gasteiger charge is 1.58. The summed E-state index contributed by atoms with van der Waals surface area (Å²) in [5, 5.41) is 15.2. The summed E-state index contributed by atoms with van der Waals surface area (Å²) in [4.78, 5) is 0. The zero-order valence-electron chi connectivity index (χ0n) is 22.1. The van der Waals surface area contributed by atoms with Crippen molar-refractivity contribution in [3.05, 3.63) is 184 Å². The first-order valence-corrected chi connectivity index (χ1v) is 8.13. The van der Waals surface area contributed by atoms with Gasteiger partial charge in [0.05, 0.1) is 13.2 Å². The van der Waals surface area contributed by atoms with Crippen LogP contribution in [0.2, 0.25) is 0 Å². The zero-order valence-corrected chi connectivity index (χ0v) is 22.1. The van der Waals surface area contributed by atoms with E-state index in [0.29, 0.717) is 0 Å². The average Bonchev–Trinajstić information content (AvgIpc) is 3.03. The predicted molar refractivity (Wildman–Crippen MR) is 172 cm³/mol. The Morgan fingerprint density at radius 2 is 0.219 bits per heavy atom. The van der Waals surface area contributed by atoms with Crippen molar-refractivity contribution in [2.45, 2.75) is 0 Å². The molecule has 0 amide bonds. The summed E-state index contributed by atoms with van der Waals surface area (Å²) >= 11 is 0. The molecule has 2 nitrogen and oxygen atoms in total. The molecule has 0 saturated carbocycles. The van der Waals surface area contributed by atoms with Gasteiger partial charge in [0, 0.05) is 0 Å². The lowest BCUT2D eigenvalue weighted by molar-refractivity contribution is 0.186. The van der Waals surface area contributed by atoms with E-state index in [1.807, 2.05) is 0 Å². The van der Waals surface area contributed by atoms with Crippen LogP contribution in [-0.2, 0) is 0 Å². The Kier molecular flexibility index (Phi) is 23700. The van der Waals surface area contributed by atoms with E-state index in [2.05, 4.69) is 184 Å². The molecule has 0 unspecified atom stereocenters. The second-order valence-corrected chi connectivity index (χ2v) is 0.447. The van der Waals surface area contributed by atoms with Crippen LogP contribution in [-0.4, -0.2) is 23.4 Å². The van der Waals surface area contributed by atoms with Gasteiger partial charge in [-0.1, -0.05) is 0 Å². The van der Waals surface area contributed by atoms with E-state index in [4.69, 9.17) is 10.2 Å². The lowest BCUT2D eigenvalue weighted by Crippen LogP contribution is -1.85. The van der Waals surface area contributed by atoms with Crippen molar-refractivity contribution in [3.8, 4) is 0 Å². The highest BCUT2D eigenvalue weighted by atomic mass is 16.3. The van der Waals surface area contributed by atoms with Crippen molar-refractivity contribution in [1.82, 2.24) is 0 Å². The van der Waals surface area contributed by atoms with E-state index in [-0.39, 0.29) is 13.2 Å². The van der Waals surface area contributed by atoms with Crippen molar-refractivity contribution >= 4 is 0 Å². The van der Waals surface area contributed by atoms with E-state index >= 15 is 0 Å². The Labute approximate surface area is 207 Å². The summed E-state index contributed by atoms with van der Waals surface area (Å²) in [7, 11) is 0. The number of aliphatic hydroxyl groups is 2. The molecule has 0 aliphatic heterocycles. The Balaban J connectivity index is -0.00000000750.